The summed E-state index contributed by atoms with van der Waals surface area (Å²) in [5.74, 6) is 1.44. The van der Waals surface area contributed by atoms with Gasteiger partial charge in [-0.1, -0.05) is 17.3 Å². The van der Waals surface area contributed by atoms with Gasteiger partial charge in [-0.05, 0) is 43.9 Å². The highest BCUT2D eigenvalue weighted by Crippen LogP contribution is 2.40. The van der Waals surface area contributed by atoms with E-state index in [0.717, 1.165) is 43.2 Å². The lowest BCUT2D eigenvalue weighted by atomic mass is 9.70. The van der Waals surface area contributed by atoms with E-state index in [2.05, 4.69) is 11.7 Å². The van der Waals surface area contributed by atoms with Crippen LogP contribution < -0.4 is 0 Å². The van der Waals surface area contributed by atoms with Crippen molar-refractivity contribution >= 4 is 5.71 Å². The molecular formula is C10H15NO. The van der Waals surface area contributed by atoms with Crippen molar-refractivity contribution in [2.24, 2.45) is 17.0 Å². The maximum atomic E-state index is 8.68. The zero-order chi connectivity index (χ0) is 8.55. The summed E-state index contributed by atoms with van der Waals surface area (Å²) in [6, 6.07) is 0. The SMILES string of the molecule is C=C1CC2CC(=NO)CC(C1)C2. The number of hydrogen-bond donors (Lipinski definition) is 1. The van der Waals surface area contributed by atoms with Crippen LogP contribution in [0.15, 0.2) is 17.3 Å². The third kappa shape index (κ3) is 1.38. The zero-order valence-corrected chi connectivity index (χ0v) is 7.29. The van der Waals surface area contributed by atoms with Gasteiger partial charge in [0.2, 0.25) is 0 Å². The highest BCUT2D eigenvalue weighted by molar-refractivity contribution is 5.85. The first-order chi connectivity index (χ1) is 5.78. The number of fused-ring (bicyclic) bond motifs is 2. The second-order valence-corrected chi connectivity index (χ2v) is 4.20. The first-order valence-electron chi connectivity index (χ1n) is 4.64. The Balaban J connectivity index is 2.10. The smallest absolute Gasteiger partial charge is 0.0576 e. The highest BCUT2D eigenvalue weighted by atomic mass is 16.4. The lowest BCUT2D eigenvalue weighted by Gasteiger charge is -2.35. The second-order valence-electron chi connectivity index (χ2n) is 4.20. The number of nitrogens with zero attached hydrogens (tertiary/aromatic N) is 1. The molecule has 0 radical (unpaired) electrons. The summed E-state index contributed by atoms with van der Waals surface area (Å²) < 4.78 is 0. The molecule has 2 heteroatoms. The van der Waals surface area contributed by atoms with Crippen molar-refractivity contribution in [2.45, 2.75) is 32.1 Å². The molecule has 2 rings (SSSR count). The van der Waals surface area contributed by atoms with Gasteiger partial charge >= 0.3 is 0 Å². The monoisotopic (exact) mass is 165 g/mol. The van der Waals surface area contributed by atoms with Crippen molar-refractivity contribution in [3.05, 3.63) is 12.2 Å². The summed E-state index contributed by atoms with van der Waals surface area (Å²) in [7, 11) is 0. The minimum Gasteiger partial charge on any atom is -0.411 e. The van der Waals surface area contributed by atoms with Gasteiger partial charge in [0.1, 0.15) is 0 Å². The number of allylic oxidation sites excluding steroid dienone is 1. The van der Waals surface area contributed by atoms with Crippen LogP contribution in [0.25, 0.3) is 0 Å². The van der Waals surface area contributed by atoms with Gasteiger partial charge in [0.05, 0.1) is 5.71 Å². The van der Waals surface area contributed by atoms with Gasteiger partial charge in [-0.2, -0.15) is 0 Å². The fourth-order valence-electron chi connectivity index (χ4n) is 2.68. The minimum atomic E-state index is 0.718. The van der Waals surface area contributed by atoms with Gasteiger partial charge in [0.25, 0.3) is 0 Å². The van der Waals surface area contributed by atoms with Gasteiger partial charge < -0.3 is 5.21 Å². The molecule has 2 bridgehead atoms. The summed E-state index contributed by atoms with van der Waals surface area (Å²) in [6.07, 6.45) is 5.60. The van der Waals surface area contributed by atoms with E-state index in [0.29, 0.717) is 0 Å². The first kappa shape index (κ1) is 7.84. The summed E-state index contributed by atoms with van der Waals surface area (Å²) in [5, 5.41) is 12.0. The Morgan fingerprint density at radius 3 is 2.25 bits per heavy atom. The summed E-state index contributed by atoms with van der Waals surface area (Å²) in [6.45, 7) is 4.05. The molecule has 0 spiro atoms. The largest absolute Gasteiger partial charge is 0.411 e. The normalized spacial score (nSPS) is 35.0. The molecule has 0 heterocycles. The van der Waals surface area contributed by atoms with Crippen molar-refractivity contribution in [3.63, 3.8) is 0 Å². The molecule has 2 nitrogen and oxygen atoms in total. The van der Waals surface area contributed by atoms with Gasteiger partial charge in [-0.15, -0.1) is 0 Å². The Hall–Kier alpha value is -0.790. The molecule has 0 saturated heterocycles. The van der Waals surface area contributed by atoms with E-state index >= 15 is 0 Å². The fourth-order valence-corrected chi connectivity index (χ4v) is 2.68. The van der Waals surface area contributed by atoms with Gasteiger partial charge in [0, 0.05) is 0 Å². The van der Waals surface area contributed by atoms with E-state index in [9.17, 15) is 0 Å². The average Bonchev–Trinajstić information content (AvgIpc) is 2.02. The van der Waals surface area contributed by atoms with Crippen molar-refractivity contribution in [2.75, 3.05) is 0 Å². The molecule has 2 aliphatic carbocycles. The third-order valence-corrected chi connectivity index (χ3v) is 3.01. The third-order valence-electron chi connectivity index (χ3n) is 3.01. The molecule has 0 aliphatic heterocycles. The summed E-state index contributed by atoms with van der Waals surface area (Å²) >= 11 is 0. The lowest BCUT2D eigenvalue weighted by Crippen LogP contribution is -2.27. The molecule has 1 N–H and O–H groups in total. The fraction of sp³-hybridized carbons (Fsp3) is 0.700. The van der Waals surface area contributed by atoms with Crippen LogP contribution in [0.2, 0.25) is 0 Å². The molecule has 2 saturated carbocycles. The topological polar surface area (TPSA) is 32.6 Å². The molecule has 2 unspecified atom stereocenters. The molecule has 0 aromatic carbocycles. The molecule has 12 heavy (non-hydrogen) atoms. The summed E-state index contributed by atoms with van der Waals surface area (Å²) in [4.78, 5) is 0. The number of hydrogen-bond acceptors (Lipinski definition) is 2. The van der Waals surface area contributed by atoms with Gasteiger partial charge in [0.15, 0.2) is 0 Å². The van der Waals surface area contributed by atoms with Gasteiger partial charge in [-0.25, -0.2) is 0 Å². The molecule has 0 aromatic heterocycles. The molecule has 2 fully saturated rings. The molecular weight excluding hydrogens is 150 g/mol. The molecule has 2 aliphatic rings. The van der Waals surface area contributed by atoms with Gasteiger partial charge in [-0.3, -0.25) is 0 Å². The van der Waals surface area contributed by atoms with Crippen molar-refractivity contribution in [1.29, 1.82) is 0 Å². The lowest BCUT2D eigenvalue weighted by molar-refractivity contribution is 0.277. The van der Waals surface area contributed by atoms with Crippen molar-refractivity contribution in [3.8, 4) is 0 Å². The van der Waals surface area contributed by atoms with Crippen molar-refractivity contribution in [1.82, 2.24) is 0 Å². The maximum absolute atomic E-state index is 8.68. The number of rotatable bonds is 0. The Morgan fingerprint density at radius 1 is 1.17 bits per heavy atom. The zero-order valence-electron chi connectivity index (χ0n) is 7.29. The van der Waals surface area contributed by atoms with Crippen LogP contribution in [-0.2, 0) is 0 Å². The Morgan fingerprint density at radius 2 is 1.75 bits per heavy atom. The molecule has 0 aromatic rings. The Labute approximate surface area is 73.0 Å². The molecule has 66 valence electrons. The average molecular weight is 165 g/mol. The van der Waals surface area contributed by atoms with E-state index in [1.807, 2.05) is 0 Å². The number of oxime groups is 1. The molecule has 2 atom stereocenters. The second kappa shape index (κ2) is 2.92. The predicted octanol–water partition coefficient (Wildman–Crippen LogP) is 2.58. The van der Waals surface area contributed by atoms with E-state index in [-0.39, 0.29) is 0 Å². The summed E-state index contributed by atoms with van der Waals surface area (Å²) in [5.41, 5.74) is 2.40. The van der Waals surface area contributed by atoms with Crippen LogP contribution in [0.3, 0.4) is 0 Å². The predicted molar refractivity (Wildman–Crippen MR) is 48.4 cm³/mol. The van der Waals surface area contributed by atoms with Crippen molar-refractivity contribution < 1.29 is 5.21 Å². The van der Waals surface area contributed by atoms with E-state index < -0.39 is 0 Å². The van der Waals surface area contributed by atoms with Crippen LogP contribution in [0.1, 0.15) is 32.1 Å². The van der Waals surface area contributed by atoms with E-state index in [4.69, 9.17) is 5.21 Å². The Bertz CT molecular complexity index is 214. The van der Waals surface area contributed by atoms with Crippen LogP contribution in [-0.4, -0.2) is 10.9 Å². The quantitative estimate of drug-likeness (QED) is 0.334. The van der Waals surface area contributed by atoms with Crippen LogP contribution in [0.5, 0.6) is 0 Å². The van der Waals surface area contributed by atoms with Crippen LogP contribution in [0, 0.1) is 11.8 Å². The maximum Gasteiger partial charge on any atom is 0.0576 e. The Kier molecular flexibility index (Phi) is 1.91. The van der Waals surface area contributed by atoms with E-state index in [1.165, 1.54) is 12.0 Å². The van der Waals surface area contributed by atoms with Crippen LogP contribution >= 0.6 is 0 Å². The van der Waals surface area contributed by atoms with Crippen LogP contribution in [0.4, 0.5) is 0 Å². The first-order valence-corrected chi connectivity index (χ1v) is 4.64. The molecule has 0 amide bonds. The highest BCUT2D eigenvalue weighted by Gasteiger charge is 2.31. The minimum absolute atomic E-state index is 0.718. The standard InChI is InChI=1S/C10H15NO/c1-7-2-8-4-9(3-7)6-10(5-8)11-12/h8-9,12H,1-6H2. The van der Waals surface area contributed by atoms with E-state index in [1.54, 1.807) is 0 Å².